The van der Waals surface area contributed by atoms with Crippen LogP contribution >= 0.6 is 0 Å². The molecule has 2 spiro atoms. The Balaban J connectivity index is 1.38. The van der Waals surface area contributed by atoms with Crippen LogP contribution in [0.2, 0.25) is 11.1 Å². The molecule has 1 heterocycles. The number of carbonyl (C=O) groups is 1. The molecule has 0 saturated heterocycles. The predicted molar refractivity (Wildman–Crippen MR) is 75.0 cm³/mol. The van der Waals surface area contributed by atoms with Gasteiger partial charge in [0, 0.05) is 13.8 Å². The Morgan fingerprint density at radius 3 is 2.74 bits per heavy atom. The van der Waals surface area contributed by atoms with E-state index in [1.807, 2.05) is 0 Å². The van der Waals surface area contributed by atoms with E-state index in [0.717, 1.165) is 23.3 Å². The van der Waals surface area contributed by atoms with Gasteiger partial charge in [-0.2, -0.15) is 0 Å². The molecule has 19 heavy (non-hydrogen) atoms. The molecule has 6 saturated carbocycles. The SMILES string of the molecule is CCC1=C(C)C[Si](C23CCC4(C(N)=O)C5C46C2C536)=C1. The monoisotopic (exact) mass is 269 g/mol. The van der Waals surface area contributed by atoms with E-state index in [9.17, 15) is 4.79 Å². The number of hydrogen-bond donors (Lipinski definition) is 1. The summed E-state index contributed by atoms with van der Waals surface area (Å²) < 4.78 is 0. The molecule has 0 aromatic heterocycles. The molecule has 2 bridgehead atoms. The van der Waals surface area contributed by atoms with Crippen LogP contribution in [0.3, 0.4) is 0 Å². The van der Waals surface area contributed by atoms with Crippen LogP contribution in [-0.4, -0.2) is 20.0 Å². The normalized spacial score (nSPS) is 64.2. The van der Waals surface area contributed by atoms with Crippen molar-refractivity contribution >= 4 is 20.0 Å². The lowest BCUT2D eigenvalue weighted by molar-refractivity contribution is -0.128. The van der Waals surface area contributed by atoms with Gasteiger partial charge in [-0.3, -0.25) is 4.79 Å². The Morgan fingerprint density at radius 2 is 2.21 bits per heavy atom. The lowest BCUT2D eigenvalue weighted by Gasteiger charge is -2.40. The second-order valence-corrected chi connectivity index (χ2v) is 10.5. The summed E-state index contributed by atoms with van der Waals surface area (Å²) in [4.78, 5) is 11.8. The highest BCUT2D eigenvalue weighted by Crippen LogP contribution is 3.36. The molecule has 2 N–H and O–H groups in total. The fourth-order valence-corrected chi connectivity index (χ4v) is 12.5. The third-order valence-corrected chi connectivity index (χ3v) is 12.0. The number of fused-ring (bicyclic) bond motifs is 1. The average molecular weight is 269 g/mol. The van der Waals surface area contributed by atoms with E-state index in [2.05, 4.69) is 19.5 Å². The number of rotatable bonds is 3. The average Bonchev–Trinajstić information content (AvgIpc) is 3.26. The van der Waals surface area contributed by atoms with Gasteiger partial charge in [0.15, 0.2) is 0 Å². The molecule has 6 aliphatic carbocycles. The van der Waals surface area contributed by atoms with Gasteiger partial charge >= 0.3 is 0 Å². The highest BCUT2D eigenvalue weighted by atomic mass is 28.2. The number of primary amides is 1. The Kier molecular flexibility index (Phi) is 1.14. The van der Waals surface area contributed by atoms with Gasteiger partial charge in [-0.15, -0.1) is 0 Å². The van der Waals surface area contributed by atoms with Crippen molar-refractivity contribution < 1.29 is 4.79 Å². The van der Waals surface area contributed by atoms with E-state index in [-0.39, 0.29) is 19.7 Å². The molecule has 6 atom stereocenters. The zero-order chi connectivity index (χ0) is 13.0. The first kappa shape index (κ1) is 10.1. The van der Waals surface area contributed by atoms with Crippen LogP contribution in [0.15, 0.2) is 11.1 Å². The van der Waals surface area contributed by atoms with Crippen molar-refractivity contribution in [3.8, 4) is 0 Å². The van der Waals surface area contributed by atoms with E-state index < -0.39 is 0 Å². The van der Waals surface area contributed by atoms with Crippen molar-refractivity contribution in [3.05, 3.63) is 11.1 Å². The highest BCUT2D eigenvalue weighted by molar-refractivity contribution is 6.75. The van der Waals surface area contributed by atoms with Gasteiger partial charge in [-0.1, -0.05) is 23.7 Å². The second kappa shape index (κ2) is 2.14. The van der Waals surface area contributed by atoms with Gasteiger partial charge in [0.1, 0.15) is 0 Å². The number of amides is 1. The molecule has 0 aromatic rings. The standard InChI is InChI=1S/C16H19NOSi/c1-3-9-7-19(6-8(9)2)14-5-4-13(12(17)18)10-15(13)11(14)16(10,14)15/h7,10-11H,3-6H2,1-2H3,(H2,17,18). The molecule has 3 heteroatoms. The van der Waals surface area contributed by atoms with Crippen molar-refractivity contribution in [1.82, 2.24) is 0 Å². The third-order valence-electron chi connectivity index (χ3n) is 8.29. The van der Waals surface area contributed by atoms with Crippen LogP contribution in [-0.2, 0) is 4.79 Å². The highest BCUT2D eigenvalue weighted by Gasteiger charge is 3.34. The maximum Gasteiger partial charge on any atom is 0.224 e. The largest absolute Gasteiger partial charge is 0.369 e. The molecule has 1 amide bonds. The van der Waals surface area contributed by atoms with Crippen LogP contribution < -0.4 is 5.73 Å². The molecule has 7 rings (SSSR count). The quantitative estimate of drug-likeness (QED) is 0.781. The van der Waals surface area contributed by atoms with E-state index in [1.165, 1.54) is 18.9 Å². The van der Waals surface area contributed by atoms with Crippen LogP contribution in [0, 0.1) is 28.1 Å². The van der Waals surface area contributed by atoms with Crippen LogP contribution in [0.25, 0.3) is 0 Å². The number of allylic oxidation sites excluding steroid dienone is 2. The van der Waals surface area contributed by atoms with Gasteiger partial charge in [0.2, 0.25) is 5.91 Å². The van der Waals surface area contributed by atoms with E-state index >= 15 is 0 Å². The minimum absolute atomic E-state index is 0.0243. The summed E-state index contributed by atoms with van der Waals surface area (Å²) in [5, 5.41) is 0.734. The summed E-state index contributed by atoms with van der Waals surface area (Å²) >= 11 is 0. The van der Waals surface area contributed by atoms with Crippen molar-refractivity contribution in [2.75, 3.05) is 0 Å². The molecule has 98 valence electrons. The van der Waals surface area contributed by atoms with Gasteiger partial charge in [-0.05, 0) is 54.5 Å². The first-order valence-corrected chi connectivity index (χ1v) is 9.56. The molecule has 0 aromatic carbocycles. The van der Waals surface area contributed by atoms with Crippen molar-refractivity contribution in [2.24, 2.45) is 33.8 Å². The van der Waals surface area contributed by atoms with Crippen molar-refractivity contribution in [3.63, 3.8) is 0 Å². The minimum atomic E-state index is -0.325. The number of nitrogens with two attached hydrogens (primary N) is 1. The maximum absolute atomic E-state index is 11.8. The summed E-state index contributed by atoms with van der Waals surface area (Å²) in [6.07, 6.45) is 3.68. The van der Waals surface area contributed by atoms with Crippen LogP contribution in [0.1, 0.15) is 33.1 Å². The fourth-order valence-electron chi connectivity index (χ4n) is 7.92. The molecule has 1 aliphatic heterocycles. The topological polar surface area (TPSA) is 43.1 Å². The van der Waals surface area contributed by atoms with E-state index in [4.69, 9.17) is 5.73 Å². The van der Waals surface area contributed by atoms with Gasteiger partial charge in [-0.25, -0.2) is 0 Å². The summed E-state index contributed by atoms with van der Waals surface area (Å²) in [5.41, 5.74) is 13.0. The fraction of sp³-hybridized carbons (Fsp3) is 0.750. The summed E-state index contributed by atoms with van der Waals surface area (Å²) in [6, 6.07) is 1.40. The van der Waals surface area contributed by atoms with E-state index in [0.29, 0.717) is 10.8 Å². The second-order valence-electron chi connectivity index (χ2n) is 7.92. The van der Waals surface area contributed by atoms with Crippen LogP contribution in [0.4, 0.5) is 0 Å². The predicted octanol–water partition coefficient (Wildman–Crippen LogP) is 1.87. The Bertz CT molecular complexity index is 693. The molecule has 6 fully saturated rings. The van der Waals surface area contributed by atoms with Crippen LogP contribution in [0.5, 0.6) is 0 Å². The Hall–Kier alpha value is -0.703. The minimum Gasteiger partial charge on any atom is -0.369 e. The maximum atomic E-state index is 11.8. The molecular weight excluding hydrogens is 250 g/mol. The lowest BCUT2D eigenvalue weighted by Crippen LogP contribution is -2.43. The first-order valence-electron chi connectivity index (χ1n) is 7.78. The zero-order valence-corrected chi connectivity index (χ0v) is 12.5. The smallest absolute Gasteiger partial charge is 0.224 e. The van der Waals surface area contributed by atoms with Gasteiger partial charge < -0.3 is 5.73 Å². The molecular formula is C16H19NOSi. The molecule has 6 unspecified atom stereocenters. The van der Waals surface area contributed by atoms with Gasteiger partial charge in [0.05, 0.1) is 5.41 Å². The van der Waals surface area contributed by atoms with Gasteiger partial charge in [0.25, 0.3) is 0 Å². The van der Waals surface area contributed by atoms with Crippen molar-refractivity contribution in [2.45, 2.75) is 44.2 Å². The zero-order valence-electron chi connectivity index (χ0n) is 11.5. The number of carbonyl (C=O) groups excluding carboxylic acids is 1. The Morgan fingerprint density at radius 1 is 1.42 bits per heavy atom. The van der Waals surface area contributed by atoms with E-state index in [1.54, 1.807) is 11.1 Å². The third kappa shape index (κ3) is 0.531. The summed E-state index contributed by atoms with van der Waals surface area (Å²) in [5.74, 6) is 1.76. The summed E-state index contributed by atoms with van der Waals surface area (Å²) in [6.45, 7) is 4.63. The first-order chi connectivity index (χ1) is 9.08. The number of hydrogen-bond acceptors (Lipinski definition) is 1. The lowest BCUT2D eigenvalue weighted by atomic mass is 9.72. The van der Waals surface area contributed by atoms with Crippen molar-refractivity contribution in [1.29, 1.82) is 0 Å². The molecule has 7 aliphatic rings. The summed E-state index contributed by atoms with van der Waals surface area (Å²) in [7, 11) is -0.325. The molecule has 2 nitrogen and oxygen atoms in total. The Labute approximate surface area is 114 Å². The molecule has 0 radical (unpaired) electrons.